The van der Waals surface area contributed by atoms with Crippen LogP contribution in [-0.2, 0) is 0 Å². The van der Waals surface area contributed by atoms with Crippen molar-refractivity contribution in [1.82, 2.24) is 30.1 Å². The summed E-state index contributed by atoms with van der Waals surface area (Å²) in [5.74, 6) is 1.11. The molecule has 1 amide bonds. The lowest BCUT2D eigenvalue weighted by Crippen LogP contribution is -2.49. The van der Waals surface area contributed by atoms with Crippen LogP contribution in [-0.4, -0.2) is 69.3 Å². The van der Waals surface area contributed by atoms with Crippen LogP contribution in [0.4, 0.5) is 5.82 Å². The van der Waals surface area contributed by atoms with Gasteiger partial charge in [0, 0.05) is 38.4 Å². The first kappa shape index (κ1) is 19.4. The number of tetrazole rings is 1. The molecule has 0 aliphatic carbocycles. The van der Waals surface area contributed by atoms with E-state index in [4.69, 9.17) is 27.9 Å². The molecule has 150 valence electrons. The Kier molecular flexibility index (Phi) is 5.50. The number of methoxy groups -OCH3 is 1. The van der Waals surface area contributed by atoms with Crippen LogP contribution in [0.25, 0.3) is 5.69 Å². The molecule has 0 radical (unpaired) electrons. The van der Waals surface area contributed by atoms with E-state index >= 15 is 0 Å². The Labute approximate surface area is 176 Å². The molecule has 3 heterocycles. The van der Waals surface area contributed by atoms with Crippen molar-refractivity contribution < 1.29 is 9.53 Å². The van der Waals surface area contributed by atoms with Gasteiger partial charge in [0.1, 0.15) is 17.9 Å². The van der Waals surface area contributed by atoms with E-state index in [1.807, 2.05) is 6.07 Å². The number of carbonyl (C=O) groups excluding carboxylic acids is 1. The lowest BCUT2D eigenvalue weighted by molar-refractivity contribution is 0.0743. The number of piperazine rings is 1. The number of hydrogen-bond donors (Lipinski definition) is 0. The van der Waals surface area contributed by atoms with Crippen LogP contribution in [0.3, 0.4) is 0 Å². The molecule has 0 N–H and O–H groups in total. The zero-order chi connectivity index (χ0) is 20.4. The van der Waals surface area contributed by atoms with Crippen molar-refractivity contribution in [2.24, 2.45) is 0 Å². The van der Waals surface area contributed by atoms with Crippen molar-refractivity contribution in [3.8, 4) is 11.4 Å². The quantitative estimate of drug-likeness (QED) is 0.623. The molecule has 0 saturated carbocycles. The van der Waals surface area contributed by atoms with E-state index in [1.54, 1.807) is 29.3 Å². The third-order valence-electron chi connectivity index (χ3n) is 4.70. The first-order valence-corrected chi connectivity index (χ1v) is 9.59. The van der Waals surface area contributed by atoms with Gasteiger partial charge in [0.15, 0.2) is 0 Å². The Hall–Kier alpha value is -2.91. The number of ether oxygens (including phenoxy) is 1. The van der Waals surface area contributed by atoms with Crippen molar-refractivity contribution in [2.75, 3.05) is 38.2 Å². The van der Waals surface area contributed by atoms with Gasteiger partial charge in [-0.25, -0.2) is 4.98 Å². The SMILES string of the molecule is COc1cc(-n2cnnn2)c(Cl)cc1C(=O)N1CCN(c2ccc(Cl)cn2)CC1. The molecule has 0 bridgehead atoms. The fourth-order valence-corrected chi connectivity index (χ4v) is 3.55. The molecule has 3 aromatic rings. The van der Waals surface area contributed by atoms with E-state index in [0.29, 0.717) is 53.2 Å². The third-order valence-corrected chi connectivity index (χ3v) is 5.22. The van der Waals surface area contributed by atoms with Crippen LogP contribution >= 0.6 is 23.2 Å². The molecule has 1 aliphatic heterocycles. The van der Waals surface area contributed by atoms with Gasteiger partial charge in [0.05, 0.1) is 28.4 Å². The Morgan fingerprint density at radius 3 is 2.55 bits per heavy atom. The summed E-state index contributed by atoms with van der Waals surface area (Å²) in [5, 5.41) is 12.0. The fraction of sp³-hybridized carbons (Fsp3) is 0.278. The Bertz CT molecular complexity index is 1000. The third kappa shape index (κ3) is 3.96. The predicted octanol–water partition coefficient (Wildman–Crippen LogP) is 2.34. The van der Waals surface area contributed by atoms with Crippen molar-refractivity contribution in [3.63, 3.8) is 0 Å². The molecular formula is C18H17Cl2N7O2. The van der Waals surface area contributed by atoms with Gasteiger partial charge in [-0.3, -0.25) is 4.79 Å². The van der Waals surface area contributed by atoms with Crippen molar-refractivity contribution in [2.45, 2.75) is 0 Å². The molecule has 1 aliphatic rings. The van der Waals surface area contributed by atoms with Crippen molar-refractivity contribution in [1.29, 1.82) is 0 Å². The molecule has 1 fully saturated rings. The minimum atomic E-state index is -0.143. The first-order valence-electron chi connectivity index (χ1n) is 8.83. The smallest absolute Gasteiger partial charge is 0.257 e. The highest BCUT2D eigenvalue weighted by molar-refractivity contribution is 6.33. The van der Waals surface area contributed by atoms with Crippen LogP contribution in [0.2, 0.25) is 10.0 Å². The van der Waals surface area contributed by atoms with Gasteiger partial charge < -0.3 is 14.5 Å². The minimum Gasteiger partial charge on any atom is -0.496 e. The molecule has 2 aromatic heterocycles. The molecule has 9 nitrogen and oxygen atoms in total. The number of pyridine rings is 1. The average molecular weight is 434 g/mol. The van der Waals surface area contributed by atoms with Gasteiger partial charge in [-0.05, 0) is 28.6 Å². The van der Waals surface area contributed by atoms with Gasteiger partial charge in [-0.1, -0.05) is 23.2 Å². The Morgan fingerprint density at radius 2 is 1.93 bits per heavy atom. The lowest BCUT2D eigenvalue weighted by Gasteiger charge is -2.35. The number of nitrogens with zero attached hydrogens (tertiary/aromatic N) is 7. The number of hydrogen-bond acceptors (Lipinski definition) is 7. The summed E-state index contributed by atoms with van der Waals surface area (Å²) in [6.45, 7) is 2.44. The predicted molar refractivity (Wildman–Crippen MR) is 108 cm³/mol. The van der Waals surface area contributed by atoms with E-state index < -0.39 is 0 Å². The number of halogens is 2. The van der Waals surface area contributed by atoms with E-state index in [1.165, 1.54) is 18.1 Å². The van der Waals surface area contributed by atoms with E-state index in [0.717, 1.165) is 5.82 Å². The lowest BCUT2D eigenvalue weighted by atomic mass is 10.1. The summed E-state index contributed by atoms with van der Waals surface area (Å²) in [4.78, 5) is 21.3. The van der Waals surface area contributed by atoms with Crippen molar-refractivity contribution in [3.05, 3.63) is 52.4 Å². The van der Waals surface area contributed by atoms with Gasteiger partial charge >= 0.3 is 0 Å². The second-order valence-electron chi connectivity index (χ2n) is 6.37. The first-order chi connectivity index (χ1) is 14.1. The summed E-state index contributed by atoms with van der Waals surface area (Å²) in [6.07, 6.45) is 3.04. The van der Waals surface area contributed by atoms with Crippen LogP contribution in [0.1, 0.15) is 10.4 Å². The van der Waals surface area contributed by atoms with E-state index in [9.17, 15) is 4.79 Å². The summed E-state index contributed by atoms with van der Waals surface area (Å²) in [5.41, 5.74) is 0.927. The molecule has 0 spiro atoms. The molecule has 29 heavy (non-hydrogen) atoms. The number of carbonyl (C=O) groups is 1. The maximum absolute atomic E-state index is 13.1. The second-order valence-corrected chi connectivity index (χ2v) is 7.22. The summed E-state index contributed by atoms with van der Waals surface area (Å²) in [6, 6.07) is 6.92. The van der Waals surface area contributed by atoms with Crippen LogP contribution in [0.5, 0.6) is 5.75 Å². The number of aromatic nitrogens is 5. The molecule has 0 unspecified atom stereocenters. The second kappa shape index (κ2) is 8.22. The van der Waals surface area contributed by atoms with Crippen LogP contribution < -0.4 is 9.64 Å². The largest absolute Gasteiger partial charge is 0.496 e. The zero-order valence-corrected chi connectivity index (χ0v) is 17.0. The minimum absolute atomic E-state index is 0.143. The average Bonchev–Trinajstić information content (AvgIpc) is 3.28. The Morgan fingerprint density at radius 1 is 1.14 bits per heavy atom. The Balaban J connectivity index is 1.51. The fourth-order valence-electron chi connectivity index (χ4n) is 3.19. The van der Waals surface area contributed by atoms with E-state index in [2.05, 4.69) is 25.4 Å². The topological polar surface area (TPSA) is 89.3 Å². The van der Waals surface area contributed by atoms with E-state index in [-0.39, 0.29) is 5.91 Å². The molecular weight excluding hydrogens is 417 g/mol. The molecule has 1 saturated heterocycles. The molecule has 0 atom stereocenters. The normalized spacial score (nSPS) is 14.2. The molecule has 4 rings (SSSR count). The van der Waals surface area contributed by atoms with Gasteiger partial charge in [-0.2, -0.15) is 4.68 Å². The van der Waals surface area contributed by atoms with Gasteiger partial charge in [0.25, 0.3) is 5.91 Å². The maximum atomic E-state index is 13.1. The number of anilines is 1. The molecule has 1 aromatic carbocycles. The zero-order valence-electron chi connectivity index (χ0n) is 15.5. The summed E-state index contributed by atoms with van der Waals surface area (Å²) in [7, 11) is 1.51. The number of amides is 1. The summed E-state index contributed by atoms with van der Waals surface area (Å²) >= 11 is 12.3. The van der Waals surface area contributed by atoms with Crippen molar-refractivity contribution >= 4 is 34.9 Å². The standard InChI is InChI=1S/C18H17Cl2N7O2/c1-29-16-9-15(27-11-22-23-24-27)14(20)8-13(16)18(28)26-6-4-25(5-7-26)17-3-2-12(19)10-21-17/h2-3,8-11H,4-7H2,1H3. The summed E-state index contributed by atoms with van der Waals surface area (Å²) < 4.78 is 6.85. The van der Waals surface area contributed by atoms with Crippen LogP contribution in [0, 0.1) is 0 Å². The van der Waals surface area contributed by atoms with Gasteiger partial charge in [-0.15, -0.1) is 5.10 Å². The highest BCUT2D eigenvalue weighted by Crippen LogP contribution is 2.30. The highest BCUT2D eigenvalue weighted by atomic mass is 35.5. The molecule has 11 heteroatoms. The number of benzene rings is 1. The van der Waals surface area contributed by atoms with Crippen LogP contribution in [0.15, 0.2) is 36.8 Å². The maximum Gasteiger partial charge on any atom is 0.257 e. The number of rotatable bonds is 4. The monoisotopic (exact) mass is 433 g/mol. The highest BCUT2D eigenvalue weighted by Gasteiger charge is 2.26. The van der Waals surface area contributed by atoms with Gasteiger partial charge in [0.2, 0.25) is 0 Å².